The summed E-state index contributed by atoms with van der Waals surface area (Å²) in [5.74, 6) is 0.916. The summed E-state index contributed by atoms with van der Waals surface area (Å²) in [6.07, 6.45) is 2.08. The van der Waals surface area contributed by atoms with E-state index < -0.39 is 0 Å². The van der Waals surface area contributed by atoms with Crippen molar-refractivity contribution in [3.63, 3.8) is 0 Å². The Kier molecular flexibility index (Phi) is 6.64. The lowest BCUT2D eigenvalue weighted by molar-refractivity contribution is 0.0159. The molecular weight excluding hydrogens is 356 g/mol. The van der Waals surface area contributed by atoms with Crippen molar-refractivity contribution in [3.05, 3.63) is 59.4 Å². The van der Waals surface area contributed by atoms with Crippen LogP contribution in [-0.4, -0.2) is 43.3 Å². The van der Waals surface area contributed by atoms with Crippen molar-refractivity contribution in [3.8, 4) is 11.5 Å². The highest BCUT2D eigenvalue weighted by molar-refractivity contribution is 5.97. The number of hydrogen-bond donors (Lipinski definition) is 1. The van der Waals surface area contributed by atoms with E-state index in [9.17, 15) is 4.79 Å². The standard InChI is InChI=1S/C22H24N2O4/c1-16(26)21-8-3-17(23-2)15-22(21)28-20-6-4-18(5-7-20)24-11-9-19(10-12-24)27-14-13-25/h3-8,15,19,25H,9-14H2,1H3. The molecule has 0 atom stereocenters. The second kappa shape index (κ2) is 9.36. The third-order valence-electron chi connectivity index (χ3n) is 4.79. The monoisotopic (exact) mass is 380 g/mol. The molecule has 1 saturated heterocycles. The summed E-state index contributed by atoms with van der Waals surface area (Å²) in [5, 5.41) is 8.85. The first kappa shape index (κ1) is 19.9. The number of anilines is 1. The Morgan fingerprint density at radius 3 is 2.54 bits per heavy atom. The Balaban J connectivity index is 1.66. The van der Waals surface area contributed by atoms with Crippen LogP contribution in [0.15, 0.2) is 42.5 Å². The molecule has 0 aromatic heterocycles. The van der Waals surface area contributed by atoms with Crippen molar-refractivity contribution >= 4 is 17.2 Å². The van der Waals surface area contributed by atoms with E-state index >= 15 is 0 Å². The fraction of sp³-hybridized carbons (Fsp3) is 0.364. The Hall–Kier alpha value is -2.88. The van der Waals surface area contributed by atoms with Gasteiger partial charge in [-0.1, -0.05) is 12.1 Å². The molecule has 2 aromatic carbocycles. The highest BCUT2D eigenvalue weighted by Crippen LogP contribution is 2.31. The van der Waals surface area contributed by atoms with Crippen LogP contribution in [-0.2, 0) is 4.74 Å². The number of ketones is 1. The molecule has 0 spiro atoms. The molecule has 2 aromatic rings. The lowest BCUT2D eigenvalue weighted by Gasteiger charge is -2.33. The van der Waals surface area contributed by atoms with Crippen LogP contribution in [0.5, 0.6) is 11.5 Å². The van der Waals surface area contributed by atoms with Gasteiger partial charge in [0.2, 0.25) is 0 Å². The van der Waals surface area contributed by atoms with Gasteiger partial charge in [-0.15, -0.1) is 0 Å². The molecule has 3 rings (SSSR count). The zero-order valence-electron chi connectivity index (χ0n) is 15.9. The third-order valence-corrected chi connectivity index (χ3v) is 4.79. The minimum Gasteiger partial charge on any atom is -0.458 e. The number of piperidine rings is 1. The maximum absolute atomic E-state index is 11.8. The summed E-state index contributed by atoms with van der Waals surface area (Å²) in [6, 6.07) is 12.6. The van der Waals surface area contributed by atoms with Gasteiger partial charge in [-0.05, 0) is 50.1 Å². The van der Waals surface area contributed by atoms with Gasteiger partial charge < -0.3 is 19.5 Å². The molecule has 0 bridgehead atoms. The Morgan fingerprint density at radius 2 is 1.93 bits per heavy atom. The van der Waals surface area contributed by atoms with Crippen molar-refractivity contribution in [1.29, 1.82) is 0 Å². The molecule has 0 unspecified atom stereocenters. The molecule has 6 heteroatoms. The van der Waals surface area contributed by atoms with Crippen LogP contribution in [0.2, 0.25) is 0 Å². The van der Waals surface area contributed by atoms with Gasteiger partial charge in [-0.25, -0.2) is 4.85 Å². The van der Waals surface area contributed by atoms with Crippen molar-refractivity contribution in [2.24, 2.45) is 0 Å². The summed E-state index contributed by atoms with van der Waals surface area (Å²) >= 11 is 0. The zero-order chi connectivity index (χ0) is 19.9. The molecule has 1 heterocycles. The topological polar surface area (TPSA) is 63.4 Å². The summed E-state index contributed by atoms with van der Waals surface area (Å²) in [5.41, 5.74) is 2.00. The van der Waals surface area contributed by atoms with E-state index in [0.29, 0.717) is 29.4 Å². The van der Waals surface area contributed by atoms with Crippen molar-refractivity contribution in [1.82, 2.24) is 0 Å². The normalized spacial score (nSPS) is 14.5. The van der Waals surface area contributed by atoms with Gasteiger partial charge in [0.25, 0.3) is 0 Å². The minimum absolute atomic E-state index is 0.0613. The minimum atomic E-state index is -0.102. The van der Waals surface area contributed by atoms with E-state index in [4.69, 9.17) is 21.2 Å². The lowest BCUT2D eigenvalue weighted by Crippen LogP contribution is -2.37. The summed E-state index contributed by atoms with van der Waals surface area (Å²) < 4.78 is 11.5. The second-order valence-electron chi connectivity index (χ2n) is 6.73. The number of hydrogen-bond acceptors (Lipinski definition) is 5. The molecule has 1 aliphatic heterocycles. The van der Waals surface area contributed by atoms with Gasteiger partial charge in [-0.3, -0.25) is 4.79 Å². The average Bonchev–Trinajstić information content (AvgIpc) is 2.73. The Morgan fingerprint density at radius 1 is 1.21 bits per heavy atom. The summed E-state index contributed by atoms with van der Waals surface area (Å²) in [4.78, 5) is 17.5. The average molecular weight is 380 g/mol. The SMILES string of the molecule is [C-]#[N+]c1ccc(C(C)=O)c(Oc2ccc(N3CCC(OCCO)CC3)cc2)c1. The highest BCUT2D eigenvalue weighted by atomic mass is 16.5. The fourth-order valence-electron chi connectivity index (χ4n) is 3.31. The smallest absolute Gasteiger partial charge is 0.190 e. The Bertz CT molecular complexity index is 850. The van der Waals surface area contributed by atoms with Crippen LogP contribution in [0.1, 0.15) is 30.1 Å². The number of carbonyl (C=O) groups excluding carboxylic acids is 1. The molecule has 1 aliphatic rings. The molecule has 0 radical (unpaired) electrons. The first-order chi connectivity index (χ1) is 13.6. The summed E-state index contributed by atoms with van der Waals surface area (Å²) in [7, 11) is 0. The quantitative estimate of drug-likeness (QED) is 0.576. The number of Topliss-reactive ketones (excluding diaryl/α,β-unsaturated/α-hetero) is 1. The van der Waals surface area contributed by atoms with E-state index in [0.717, 1.165) is 31.6 Å². The molecular formula is C22H24N2O4. The Labute approximate surface area is 165 Å². The van der Waals surface area contributed by atoms with Crippen LogP contribution in [0.25, 0.3) is 4.85 Å². The van der Waals surface area contributed by atoms with Crippen LogP contribution < -0.4 is 9.64 Å². The van der Waals surface area contributed by atoms with Crippen LogP contribution in [0.3, 0.4) is 0 Å². The predicted molar refractivity (Wildman–Crippen MR) is 107 cm³/mol. The van der Waals surface area contributed by atoms with Crippen LogP contribution in [0, 0.1) is 6.57 Å². The number of carbonyl (C=O) groups is 1. The second-order valence-corrected chi connectivity index (χ2v) is 6.73. The maximum Gasteiger partial charge on any atom is 0.190 e. The molecule has 0 aliphatic carbocycles. The molecule has 1 fully saturated rings. The van der Waals surface area contributed by atoms with E-state index in [-0.39, 0.29) is 18.5 Å². The summed E-state index contributed by atoms with van der Waals surface area (Å²) in [6.45, 7) is 10.9. The molecule has 0 amide bonds. The number of benzene rings is 2. The van der Waals surface area contributed by atoms with Gasteiger partial charge in [0, 0.05) is 18.8 Å². The maximum atomic E-state index is 11.8. The zero-order valence-corrected chi connectivity index (χ0v) is 15.9. The van der Waals surface area contributed by atoms with Gasteiger partial charge >= 0.3 is 0 Å². The molecule has 1 N–H and O–H groups in total. The van der Waals surface area contributed by atoms with Crippen molar-refractivity contribution < 1.29 is 19.4 Å². The van der Waals surface area contributed by atoms with E-state index in [1.165, 1.54) is 6.92 Å². The van der Waals surface area contributed by atoms with E-state index in [1.807, 2.05) is 24.3 Å². The third kappa shape index (κ3) is 4.89. The largest absolute Gasteiger partial charge is 0.458 e. The van der Waals surface area contributed by atoms with Crippen molar-refractivity contribution in [2.45, 2.75) is 25.9 Å². The van der Waals surface area contributed by atoms with Crippen molar-refractivity contribution in [2.75, 3.05) is 31.2 Å². The lowest BCUT2D eigenvalue weighted by atomic mass is 10.1. The van der Waals surface area contributed by atoms with Gasteiger partial charge in [0.1, 0.15) is 11.5 Å². The van der Waals surface area contributed by atoms with Crippen LogP contribution in [0.4, 0.5) is 11.4 Å². The number of aliphatic hydroxyl groups excluding tert-OH is 1. The number of aliphatic hydroxyl groups is 1. The number of rotatable bonds is 7. The van der Waals surface area contributed by atoms with Gasteiger partial charge in [-0.2, -0.15) is 0 Å². The van der Waals surface area contributed by atoms with Gasteiger partial charge in [0.05, 0.1) is 31.5 Å². The fourth-order valence-corrected chi connectivity index (χ4v) is 3.31. The number of nitrogens with zero attached hydrogens (tertiary/aromatic N) is 2. The molecule has 146 valence electrons. The van der Waals surface area contributed by atoms with E-state index in [2.05, 4.69) is 9.74 Å². The molecule has 28 heavy (non-hydrogen) atoms. The highest BCUT2D eigenvalue weighted by Gasteiger charge is 2.20. The first-order valence-corrected chi connectivity index (χ1v) is 9.38. The van der Waals surface area contributed by atoms with Gasteiger partial charge in [0.15, 0.2) is 11.5 Å². The number of ether oxygens (including phenoxy) is 2. The van der Waals surface area contributed by atoms with Crippen LogP contribution >= 0.6 is 0 Å². The molecule has 0 saturated carbocycles. The molecule has 6 nitrogen and oxygen atoms in total. The van der Waals surface area contributed by atoms with E-state index in [1.54, 1.807) is 18.2 Å². The first-order valence-electron chi connectivity index (χ1n) is 9.38. The predicted octanol–water partition coefficient (Wildman–Crippen LogP) is 4.21.